The molecular weight excluding hydrogens is 351 g/mol. The molecule has 1 aromatic carbocycles. The summed E-state index contributed by atoms with van der Waals surface area (Å²) < 4.78 is 50.9. The Kier molecular flexibility index (Phi) is 4.10. The molecule has 138 valence electrons. The summed E-state index contributed by atoms with van der Waals surface area (Å²) in [5.74, 6) is -1.37. The minimum Gasteiger partial charge on any atom is -0.487 e. The largest absolute Gasteiger partial charge is 0.487 e. The molecule has 0 bridgehead atoms. The van der Waals surface area contributed by atoms with Gasteiger partial charge >= 0.3 is 6.11 Å². The third kappa shape index (κ3) is 3.14. The van der Waals surface area contributed by atoms with Gasteiger partial charge in [-0.05, 0) is 18.2 Å². The van der Waals surface area contributed by atoms with E-state index >= 15 is 0 Å². The smallest absolute Gasteiger partial charge is 0.362 e. The number of alkyl halides is 2. The maximum Gasteiger partial charge on any atom is 0.362 e. The molecule has 1 fully saturated rings. The van der Waals surface area contributed by atoms with Crippen molar-refractivity contribution in [3.63, 3.8) is 0 Å². The third-order valence-electron chi connectivity index (χ3n) is 4.49. The van der Waals surface area contributed by atoms with E-state index in [0.29, 0.717) is 30.2 Å². The van der Waals surface area contributed by atoms with Gasteiger partial charge in [-0.25, -0.2) is 4.39 Å². The van der Waals surface area contributed by atoms with E-state index in [0.717, 1.165) is 0 Å². The number of hydrogen-bond acceptors (Lipinski definition) is 4. The van der Waals surface area contributed by atoms with E-state index < -0.39 is 17.8 Å². The fraction of sp³-hybridized carbons (Fsp3) is 0.412. The molecule has 1 saturated heterocycles. The fourth-order valence-corrected chi connectivity index (χ4v) is 3.00. The molecule has 2 aliphatic rings. The molecule has 9 heteroatoms. The normalized spacial score (nSPS) is 21.3. The van der Waals surface area contributed by atoms with Gasteiger partial charge < -0.3 is 14.4 Å². The number of carbonyl (C=O) groups excluding carboxylic acids is 1. The summed E-state index contributed by atoms with van der Waals surface area (Å²) in [6.45, 7) is 0.699. The van der Waals surface area contributed by atoms with Gasteiger partial charge in [-0.15, -0.1) is 0 Å². The highest BCUT2D eigenvalue weighted by Crippen LogP contribution is 2.36. The molecule has 1 aromatic heterocycles. The highest BCUT2D eigenvalue weighted by atomic mass is 19.3. The molecule has 26 heavy (non-hydrogen) atoms. The predicted molar refractivity (Wildman–Crippen MR) is 83.3 cm³/mol. The van der Waals surface area contributed by atoms with Crippen LogP contribution in [0, 0.1) is 11.7 Å². The number of hydrogen-bond donors (Lipinski definition) is 0. The first-order valence-corrected chi connectivity index (χ1v) is 8.18. The Bertz CT molecular complexity index is 840. The van der Waals surface area contributed by atoms with Crippen LogP contribution in [0.4, 0.5) is 13.2 Å². The topological polar surface area (TPSA) is 56.6 Å². The summed E-state index contributed by atoms with van der Waals surface area (Å²) in [5, 5.41) is 4.29. The van der Waals surface area contributed by atoms with Crippen LogP contribution in [0.2, 0.25) is 0 Å². The van der Waals surface area contributed by atoms with E-state index in [-0.39, 0.29) is 25.7 Å². The summed E-state index contributed by atoms with van der Waals surface area (Å²) in [6.07, 6.45) is -3.16. The number of amides is 1. The average Bonchev–Trinajstić information content (AvgIpc) is 3.03. The van der Waals surface area contributed by atoms with Crippen LogP contribution in [0.3, 0.4) is 0 Å². The number of carbonyl (C=O) groups is 1. The number of aromatic nitrogens is 2. The van der Waals surface area contributed by atoms with Gasteiger partial charge in [0, 0.05) is 19.2 Å². The van der Waals surface area contributed by atoms with Crippen LogP contribution in [0.5, 0.6) is 5.75 Å². The van der Waals surface area contributed by atoms with Gasteiger partial charge in [0.05, 0.1) is 19.1 Å². The van der Waals surface area contributed by atoms with Crippen LogP contribution in [-0.4, -0.2) is 46.4 Å². The van der Waals surface area contributed by atoms with Crippen molar-refractivity contribution in [1.29, 1.82) is 0 Å². The van der Waals surface area contributed by atoms with Crippen molar-refractivity contribution in [2.45, 2.75) is 19.3 Å². The second-order valence-electron chi connectivity index (χ2n) is 6.31. The van der Waals surface area contributed by atoms with E-state index in [9.17, 15) is 18.0 Å². The second kappa shape index (κ2) is 6.31. The molecule has 0 spiro atoms. The predicted octanol–water partition coefficient (Wildman–Crippen LogP) is 2.30. The molecule has 4 rings (SSSR count). The summed E-state index contributed by atoms with van der Waals surface area (Å²) in [6, 6.07) is 7.29. The van der Waals surface area contributed by atoms with Crippen LogP contribution >= 0.6 is 0 Å². The Labute approximate surface area is 147 Å². The lowest BCUT2D eigenvalue weighted by atomic mass is 10.0. The van der Waals surface area contributed by atoms with Crippen LogP contribution in [0.15, 0.2) is 30.3 Å². The molecule has 3 heterocycles. The molecule has 2 aliphatic heterocycles. The van der Waals surface area contributed by atoms with Crippen LogP contribution in [-0.2, 0) is 17.9 Å². The average molecular weight is 367 g/mol. The van der Waals surface area contributed by atoms with E-state index in [2.05, 4.69) is 9.84 Å². The van der Waals surface area contributed by atoms with Crippen molar-refractivity contribution in [1.82, 2.24) is 14.7 Å². The summed E-state index contributed by atoms with van der Waals surface area (Å²) in [7, 11) is 0. The van der Waals surface area contributed by atoms with Gasteiger partial charge in [-0.3, -0.25) is 9.48 Å². The SMILES string of the molecule is O=C1c2cc(COc3cccc(F)c3)nn2CCN1C[C@H]1COC1(F)F. The van der Waals surface area contributed by atoms with Gasteiger partial charge in [0.2, 0.25) is 0 Å². The lowest BCUT2D eigenvalue weighted by Crippen LogP contribution is -2.54. The molecule has 1 atom stereocenters. The molecule has 2 aromatic rings. The third-order valence-corrected chi connectivity index (χ3v) is 4.49. The molecule has 0 saturated carbocycles. The number of nitrogens with zero attached hydrogens (tertiary/aromatic N) is 3. The fourth-order valence-electron chi connectivity index (χ4n) is 3.00. The van der Waals surface area contributed by atoms with Crippen molar-refractivity contribution >= 4 is 5.91 Å². The van der Waals surface area contributed by atoms with Crippen LogP contribution in [0.25, 0.3) is 0 Å². The van der Waals surface area contributed by atoms with Crippen molar-refractivity contribution in [3.05, 3.63) is 47.5 Å². The first kappa shape index (κ1) is 16.9. The Morgan fingerprint density at radius 3 is 2.85 bits per heavy atom. The second-order valence-corrected chi connectivity index (χ2v) is 6.31. The maximum absolute atomic E-state index is 13.3. The van der Waals surface area contributed by atoms with Crippen molar-refractivity contribution in [2.75, 3.05) is 19.7 Å². The molecule has 0 radical (unpaired) electrons. The van der Waals surface area contributed by atoms with Crippen molar-refractivity contribution < 1.29 is 27.4 Å². The van der Waals surface area contributed by atoms with Gasteiger partial charge in [0.15, 0.2) is 0 Å². The Morgan fingerprint density at radius 1 is 1.31 bits per heavy atom. The van der Waals surface area contributed by atoms with Crippen molar-refractivity contribution in [3.8, 4) is 5.75 Å². The summed E-state index contributed by atoms with van der Waals surface area (Å²) in [4.78, 5) is 13.9. The molecule has 6 nitrogen and oxygen atoms in total. The van der Waals surface area contributed by atoms with Gasteiger partial charge in [0.25, 0.3) is 5.91 Å². The Balaban J connectivity index is 1.42. The quantitative estimate of drug-likeness (QED) is 0.814. The highest BCUT2D eigenvalue weighted by molar-refractivity contribution is 5.93. The summed E-state index contributed by atoms with van der Waals surface area (Å²) >= 11 is 0. The lowest BCUT2D eigenvalue weighted by molar-refractivity contribution is -0.358. The highest BCUT2D eigenvalue weighted by Gasteiger charge is 2.51. The number of rotatable bonds is 5. The van der Waals surface area contributed by atoms with Crippen LogP contribution in [0.1, 0.15) is 16.2 Å². The zero-order valence-corrected chi connectivity index (χ0v) is 13.7. The first-order valence-electron chi connectivity index (χ1n) is 8.18. The molecule has 0 aliphatic carbocycles. The lowest BCUT2D eigenvalue weighted by Gasteiger charge is -2.39. The van der Waals surface area contributed by atoms with E-state index in [4.69, 9.17) is 4.74 Å². The Morgan fingerprint density at radius 2 is 2.15 bits per heavy atom. The van der Waals surface area contributed by atoms with E-state index in [1.165, 1.54) is 23.1 Å². The maximum atomic E-state index is 13.3. The number of halogens is 3. The van der Waals surface area contributed by atoms with Crippen molar-refractivity contribution in [2.24, 2.45) is 5.92 Å². The number of benzene rings is 1. The zero-order valence-electron chi connectivity index (χ0n) is 13.7. The monoisotopic (exact) mass is 367 g/mol. The molecule has 0 unspecified atom stereocenters. The van der Waals surface area contributed by atoms with Gasteiger partial charge in [-0.1, -0.05) is 6.07 Å². The first-order chi connectivity index (χ1) is 12.4. The summed E-state index contributed by atoms with van der Waals surface area (Å²) in [5.41, 5.74) is 0.842. The van der Waals surface area contributed by atoms with Gasteiger partial charge in [0.1, 0.15) is 29.6 Å². The molecule has 1 amide bonds. The molecular formula is C17H16F3N3O3. The van der Waals surface area contributed by atoms with E-state index in [1.807, 2.05) is 0 Å². The Hall–Kier alpha value is -2.55. The minimum atomic E-state index is -3.16. The number of ether oxygens (including phenoxy) is 2. The van der Waals surface area contributed by atoms with Crippen LogP contribution < -0.4 is 4.74 Å². The van der Waals surface area contributed by atoms with E-state index in [1.54, 1.807) is 16.8 Å². The standard InChI is InChI=1S/C17H16F3N3O3/c18-12-2-1-3-14(6-12)25-10-13-7-15-16(24)22(4-5-23(15)21-13)8-11-9-26-17(11,19)20/h1-3,6-7,11H,4-5,8-10H2/t11-/m0/s1. The van der Waals surface area contributed by atoms with Gasteiger partial charge in [-0.2, -0.15) is 13.9 Å². The molecule has 0 N–H and O–H groups in total. The minimum absolute atomic E-state index is 0.0495. The zero-order chi connectivity index (χ0) is 18.3. The number of fused-ring (bicyclic) bond motifs is 1.